The molecule has 1 aliphatic heterocycles. The summed E-state index contributed by atoms with van der Waals surface area (Å²) in [5.41, 5.74) is 6.64. The van der Waals surface area contributed by atoms with Gasteiger partial charge in [0.2, 0.25) is 17.7 Å². The first kappa shape index (κ1) is 20.3. The fourth-order valence-corrected chi connectivity index (χ4v) is 2.97. The van der Waals surface area contributed by atoms with E-state index in [0.29, 0.717) is 29.8 Å². The van der Waals surface area contributed by atoms with Crippen LogP contribution < -0.4 is 15.8 Å². The highest BCUT2D eigenvalue weighted by Gasteiger charge is 2.33. The summed E-state index contributed by atoms with van der Waals surface area (Å²) >= 11 is 0. The number of nitrogens with one attached hydrogen (secondary N) is 2. The summed E-state index contributed by atoms with van der Waals surface area (Å²) < 4.78 is 20.4. The summed E-state index contributed by atoms with van der Waals surface area (Å²) in [4.78, 5) is 29.3. The fraction of sp³-hybridized carbons (Fsp3) is 0.368. The monoisotopic (exact) mass is 401 g/mol. The van der Waals surface area contributed by atoms with Crippen molar-refractivity contribution in [3.63, 3.8) is 0 Å². The Morgan fingerprint density at radius 1 is 1.59 bits per heavy atom. The smallest absolute Gasteiger partial charge is 0.246 e. The summed E-state index contributed by atoms with van der Waals surface area (Å²) in [6, 6.07) is 1.75. The normalized spacial score (nSPS) is 20.2. The Morgan fingerprint density at radius 3 is 3.14 bits per heavy atom. The number of likely N-dealkylation sites (tertiary alicyclic amines) is 1. The van der Waals surface area contributed by atoms with Gasteiger partial charge in [-0.2, -0.15) is 9.97 Å². The third-order valence-electron chi connectivity index (χ3n) is 4.46. The second kappa shape index (κ2) is 9.18. The maximum Gasteiger partial charge on any atom is 0.246 e. The molecule has 0 aliphatic carbocycles. The highest BCUT2D eigenvalue weighted by Crippen LogP contribution is 2.27. The molecule has 0 unspecified atom stereocenters. The van der Waals surface area contributed by atoms with E-state index < -0.39 is 12.3 Å². The van der Waals surface area contributed by atoms with Crippen molar-refractivity contribution in [3.8, 4) is 5.88 Å². The molecule has 1 fully saturated rings. The molecule has 1 saturated heterocycles. The number of anilines is 1. The van der Waals surface area contributed by atoms with Crippen molar-refractivity contribution in [2.24, 2.45) is 10.7 Å². The van der Waals surface area contributed by atoms with Crippen molar-refractivity contribution in [3.05, 3.63) is 36.8 Å². The van der Waals surface area contributed by atoms with Crippen molar-refractivity contribution in [2.45, 2.75) is 25.6 Å². The molecule has 0 spiro atoms. The Kier molecular flexibility index (Phi) is 6.43. The number of rotatable bonds is 7. The lowest BCUT2D eigenvalue weighted by Gasteiger charge is -2.34. The highest BCUT2D eigenvalue weighted by atomic mass is 19.1. The average molecular weight is 401 g/mol. The zero-order chi connectivity index (χ0) is 20.8. The Bertz CT molecular complexity index is 940. The predicted molar refractivity (Wildman–Crippen MR) is 110 cm³/mol. The molecule has 154 valence electrons. The first-order valence-electron chi connectivity index (χ1n) is 9.31. The summed E-state index contributed by atoms with van der Waals surface area (Å²) in [6.07, 6.45) is 3.94. The molecular formula is C19H24FN7O2. The van der Waals surface area contributed by atoms with Gasteiger partial charge in [0.25, 0.3) is 0 Å². The van der Waals surface area contributed by atoms with Gasteiger partial charge >= 0.3 is 0 Å². The summed E-state index contributed by atoms with van der Waals surface area (Å²) in [5, 5.41) is 3.57. The summed E-state index contributed by atoms with van der Waals surface area (Å²) in [7, 11) is 0. The van der Waals surface area contributed by atoms with Crippen LogP contribution in [0, 0.1) is 0 Å². The highest BCUT2D eigenvalue weighted by molar-refractivity contribution is 5.87. The van der Waals surface area contributed by atoms with Crippen molar-refractivity contribution in [1.82, 2.24) is 19.9 Å². The number of H-pyrrole nitrogens is 1. The molecule has 2 aromatic heterocycles. The minimum absolute atomic E-state index is 0.113. The summed E-state index contributed by atoms with van der Waals surface area (Å²) in [5.74, 6) is 0.179. The molecule has 0 saturated carbocycles. The number of hydrogen-bond donors (Lipinski definition) is 3. The minimum Gasteiger partial charge on any atom is -0.469 e. The number of halogens is 1. The Hall–Kier alpha value is -3.43. The molecule has 0 aromatic carbocycles. The number of aliphatic imine (C=N–C) groups is 1. The molecule has 0 bridgehead atoms. The van der Waals surface area contributed by atoms with E-state index in [9.17, 15) is 9.18 Å². The van der Waals surface area contributed by atoms with E-state index in [1.54, 1.807) is 18.5 Å². The lowest BCUT2D eigenvalue weighted by molar-refractivity contribution is -0.130. The van der Waals surface area contributed by atoms with Crippen LogP contribution >= 0.6 is 0 Å². The van der Waals surface area contributed by atoms with Crippen LogP contribution in [-0.2, 0) is 4.79 Å². The number of aromatic nitrogens is 3. The number of fused-ring (bicyclic) bond motifs is 1. The molecule has 2 aromatic rings. The van der Waals surface area contributed by atoms with E-state index in [1.807, 2.05) is 6.92 Å². The van der Waals surface area contributed by atoms with E-state index in [0.717, 1.165) is 0 Å². The lowest BCUT2D eigenvalue weighted by Crippen LogP contribution is -2.49. The van der Waals surface area contributed by atoms with Crippen LogP contribution in [0.1, 0.15) is 13.3 Å². The molecule has 2 atom stereocenters. The fourth-order valence-electron chi connectivity index (χ4n) is 2.97. The predicted octanol–water partition coefficient (Wildman–Crippen LogP) is 1.76. The van der Waals surface area contributed by atoms with E-state index in [4.69, 9.17) is 10.5 Å². The van der Waals surface area contributed by atoms with Gasteiger partial charge in [0.15, 0.2) is 0 Å². The third kappa shape index (κ3) is 4.71. The number of nitrogens with zero attached hydrogens (tertiary/aromatic N) is 4. The SMILES string of the molecule is C=CC(=O)N1CC[C@@H](F)[C@H](Oc2nc(NC(C=NCC)=CN)nc3[nH]ccc23)C1. The van der Waals surface area contributed by atoms with Crippen LogP contribution in [0.2, 0.25) is 0 Å². The van der Waals surface area contributed by atoms with Gasteiger partial charge in [0.05, 0.1) is 17.6 Å². The van der Waals surface area contributed by atoms with Crippen LogP contribution in [0.4, 0.5) is 10.3 Å². The number of nitrogens with two attached hydrogens (primary N) is 1. The molecule has 1 amide bonds. The number of carbonyl (C=O) groups is 1. The van der Waals surface area contributed by atoms with Gasteiger partial charge in [-0.05, 0) is 25.5 Å². The molecule has 0 radical (unpaired) electrons. The quantitative estimate of drug-likeness (QED) is 0.480. The lowest BCUT2D eigenvalue weighted by atomic mass is 10.1. The first-order valence-corrected chi connectivity index (χ1v) is 9.31. The largest absolute Gasteiger partial charge is 0.469 e. The average Bonchev–Trinajstić information content (AvgIpc) is 3.21. The van der Waals surface area contributed by atoms with E-state index in [2.05, 4.69) is 31.8 Å². The molecule has 1 aliphatic rings. The van der Waals surface area contributed by atoms with Gasteiger partial charge in [-0.1, -0.05) is 6.58 Å². The van der Waals surface area contributed by atoms with Crippen LogP contribution in [-0.4, -0.2) is 63.9 Å². The number of hydrogen-bond acceptors (Lipinski definition) is 7. The van der Waals surface area contributed by atoms with Gasteiger partial charge in [-0.25, -0.2) is 4.39 Å². The van der Waals surface area contributed by atoms with Gasteiger partial charge in [0.1, 0.15) is 17.9 Å². The van der Waals surface area contributed by atoms with Crippen molar-refractivity contribution >= 4 is 29.1 Å². The van der Waals surface area contributed by atoms with E-state index in [-0.39, 0.29) is 30.7 Å². The van der Waals surface area contributed by atoms with Gasteiger partial charge in [-0.15, -0.1) is 0 Å². The number of allylic oxidation sites excluding steroid dienone is 1. The second-order valence-corrected chi connectivity index (χ2v) is 6.42. The minimum atomic E-state index is -1.22. The summed E-state index contributed by atoms with van der Waals surface area (Å²) in [6.45, 7) is 6.42. The van der Waals surface area contributed by atoms with Gasteiger partial charge in [0, 0.05) is 31.7 Å². The Labute approximate surface area is 167 Å². The number of piperidine rings is 1. The molecule has 3 rings (SSSR count). The molecule has 9 nitrogen and oxygen atoms in total. The van der Waals surface area contributed by atoms with E-state index >= 15 is 0 Å². The van der Waals surface area contributed by atoms with E-state index in [1.165, 1.54) is 17.2 Å². The molecule has 3 heterocycles. The first-order chi connectivity index (χ1) is 14.0. The van der Waals surface area contributed by atoms with Crippen LogP contribution in [0.5, 0.6) is 5.88 Å². The van der Waals surface area contributed by atoms with Crippen LogP contribution in [0.25, 0.3) is 11.0 Å². The third-order valence-corrected chi connectivity index (χ3v) is 4.46. The molecule has 4 N–H and O–H groups in total. The number of amides is 1. The van der Waals surface area contributed by atoms with Crippen LogP contribution in [0.3, 0.4) is 0 Å². The molecule has 29 heavy (non-hydrogen) atoms. The second-order valence-electron chi connectivity index (χ2n) is 6.42. The van der Waals surface area contributed by atoms with Crippen molar-refractivity contribution in [2.75, 3.05) is 25.0 Å². The standard InChI is InChI=1S/C19H24FN7O2/c1-3-16(28)27-8-6-14(20)15(11-27)29-18-13-5-7-23-17(13)25-19(26-18)24-12(9-21)10-22-4-2/h3,5,7,9-10,14-15H,1,4,6,8,11,21H2,2H3,(H2,23,24,25,26)/t14-,15-/m1/s1. The zero-order valence-electron chi connectivity index (χ0n) is 16.1. The number of carbonyl (C=O) groups excluding carboxylic acids is 1. The maximum atomic E-state index is 14.5. The maximum absolute atomic E-state index is 14.5. The van der Waals surface area contributed by atoms with Gasteiger partial charge < -0.3 is 25.7 Å². The Morgan fingerprint density at radius 2 is 2.41 bits per heavy atom. The topological polar surface area (TPSA) is 122 Å². The zero-order valence-corrected chi connectivity index (χ0v) is 16.1. The Balaban J connectivity index is 1.86. The van der Waals surface area contributed by atoms with Crippen molar-refractivity contribution in [1.29, 1.82) is 0 Å². The number of aromatic amines is 1. The number of ether oxygens (including phenoxy) is 1. The molecular weight excluding hydrogens is 377 g/mol. The molecule has 10 heteroatoms. The van der Waals surface area contributed by atoms with Crippen LogP contribution in [0.15, 0.2) is 41.8 Å². The van der Waals surface area contributed by atoms with Gasteiger partial charge in [-0.3, -0.25) is 9.79 Å². The number of alkyl halides is 1. The van der Waals surface area contributed by atoms with Crippen molar-refractivity contribution < 1.29 is 13.9 Å².